The Labute approximate surface area is 143 Å². The third kappa shape index (κ3) is 2.66. The summed E-state index contributed by atoms with van der Waals surface area (Å²) in [6.45, 7) is 0. The maximum Gasteiger partial charge on any atom is 0.260 e. The van der Waals surface area contributed by atoms with E-state index >= 15 is 0 Å². The zero-order valence-electron chi connectivity index (χ0n) is 13.0. The van der Waals surface area contributed by atoms with E-state index in [2.05, 4.69) is 16.0 Å². The second-order valence-electron chi connectivity index (χ2n) is 5.91. The van der Waals surface area contributed by atoms with E-state index in [1.54, 1.807) is 29.5 Å². The second kappa shape index (κ2) is 6.06. The van der Waals surface area contributed by atoms with Crippen molar-refractivity contribution in [3.8, 4) is 6.07 Å². The van der Waals surface area contributed by atoms with Crippen molar-refractivity contribution in [2.24, 2.45) is 0 Å². The molecule has 4 nitrogen and oxygen atoms in total. The highest BCUT2D eigenvalue weighted by atomic mass is 32.1. The van der Waals surface area contributed by atoms with E-state index in [9.17, 15) is 4.79 Å². The lowest BCUT2D eigenvalue weighted by Gasteiger charge is -2.09. The standard InChI is InChI=1S/C19H15N3OS/c20-11-13-7-5-12(6-8-13)9-10-16-21-18(23)17-14-3-1-2-4-15(14)24-19(17)22-16/h5-10H,1-4H2,(H,21,22,23)/b10-9+. The number of aromatic amines is 1. The van der Waals surface area contributed by atoms with Gasteiger partial charge in [0.05, 0.1) is 17.0 Å². The Morgan fingerprint density at radius 1 is 1.17 bits per heavy atom. The predicted molar refractivity (Wildman–Crippen MR) is 97.0 cm³/mol. The van der Waals surface area contributed by atoms with Crippen LogP contribution in [0.25, 0.3) is 22.4 Å². The number of aromatic nitrogens is 2. The summed E-state index contributed by atoms with van der Waals surface area (Å²) < 4.78 is 0. The van der Waals surface area contributed by atoms with Crippen LogP contribution in [0.5, 0.6) is 0 Å². The number of nitrogens with one attached hydrogen (secondary N) is 1. The largest absolute Gasteiger partial charge is 0.306 e. The van der Waals surface area contributed by atoms with Crippen molar-refractivity contribution in [1.29, 1.82) is 5.26 Å². The fourth-order valence-corrected chi connectivity index (χ4v) is 4.37. The molecule has 3 aromatic rings. The van der Waals surface area contributed by atoms with Gasteiger partial charge in [0.25, 0.3) is 5.56 Å². The molecule has 118 valence electrons. The monoisotopic (exact) mass is 333 g/mol. The number of hydrogen-bond donors (Lipinski definition) is 1. The van der Waals surface area contributed by atoms with Crippen LogP contribution in [0.1, 0.15) is 40.2 Å². The summed E-state index contributed by atoms with van der Waals surface area (Å²) in [6, 6.07) is 9.38. The maximum atomic E-state index is 12.5. The van der Waals surface area contributed by atoms with Crippen LogP contribution in [-0.2, 0) is 12.8 Å². The van der Waals surface area contributed by atoms with Crippen LogP contribution >= 0.6 is 11.3 Å². The van der Waals surface area contributed by atoms with Gasteiger partial charge in [0.2, 0.25) is 0 Å². The molecule has 5 heteroatoms. The van der Waals surface area contributed by atoms with E-state index in [0.29, 0.717) is 11.4 Å². The minimum absolute atomic E-state index is 0.0427. The first-order chi connectivity index (χ1) is 11.7. The number of fused-ring (bicyclic) bond motifs is 3. The van der Waals surface area contributed by atoms with Crippen LogP contribution in [0.15, 0.2) is 29.1 Å². The van der Waals surface area contributed by atoms with Crippen LogP contribution in [0.4, 0.5) is 0 Å². The molecule has 2 heterocycles. The number of thiophene rings is 1. The van der Waals surface area contributed by atoms with Gasteiger partial charge < -0.3 is 4.98 Å². The molecular formula is C19H15N3OS. The minimum atomic E-state index is -0.0427. The van der Waals surface area contributed by atoms with Crippen molar-refractivity contribution in [2.45, 2.75) is 25.7 Å². The molecular weight excluding hydrogens is 318 g/mol. The summed E-state index contributed by atoms with van der Waals surface area (Å²) in [7, 11) is 0. The number of nitriles is 1. The highest BCUT2D eigenvalue weighted by Gasteiger charge is 2.19. The molecule has 2 aromatic heterocycles. The number of rotatable bonds is 2. The first kappa shape index (κ1) is 14.9. The molecule has 0 fully saturated rings. The normalized spacial score (nSPS) is 14.0. The van der Waals surface area contributed by atoms with Gasteiger partial charge in [-0.25, -0.2) is 4.98 Å². The number of H-pyrrole nitrogens is 1. The molecule has 0 radical (unpaired) electrons. The van der Waals surface area contributed by atoms with Crippen LogP contribution in [0.3, 0.4) is 0 Å². The highest BCUT2D eigenvalue weighted by Crippen LogP contribution is 2.33. The average molecular weight is 333 g/mol. The molecule has 1 aliphatic carbocycles. The van der Waals surface area contributed by atoms with Crippen molar-refractivity contribution in [2.75, 3.05) is 0 Å². The lowest BCUT2D eigenvalue weighted by Crippen LogP contribution is -2.11. The molecule has 0 atom stereocenters. The Kier molecular flexibility index (Phi) is 3.75. The maximum absolute atomic E-state index is 12.5. The number of hydrogen-bond acceptors (Lipinski definition) is 4. The van der Waals surface area contributed by atoms with Gasteiger partial charge in [-0.1, -0.05) is 18.2 Å². The number of nitrogens with zero attached hydrogens (tertiary/aromatic N) is 2. The molecule has 0 amide bonds. The second-order valence-corrected chi connectivity index (χ2v) is 6.99. The van der Waals surface area contributed by atoms with Crippen molar-refractivity contribution in [3.63, 3.8) is 0 Å². The summed E-state index contributed by atoms with van der Waals surface area (Å²) >= 11 is 1.65. The van der Waals surface area contributed by atoms with Gasteiger partial charge in [0.1, 0.15) is 10.7 Å². The average Bonchev–Trinajstić information content (AvgIpc) is 2.99. The third-order valence-electron chi connectivity index (χ3n) is 4.32. The van der Waals surface area contributed by atoms with Crippen LogP contribution in [0, 0.1) is 11.3 Å². The topological polar surface area (TPSA) is 69.5 Å². The summed E-state index contributed by atoms with van der Waals surface area (Å²) in [4.78, 5) is 22.1. The number of aryl methyl sites for hydroxylation is 2. The Morgan fingerprint density at radius 2 is 1.96 bits per heavy atom. The van der Waals surface area contributed by atoms with E-state index in [-0.39, 0.29) is 5.56 Å². The van der Waals surface area contributed by atoms with Gasteiger partial charge in [0.15, 0.2) is 0 Å². The molecule has 4 rings (SSSR count). The molecule has 24 heavy (non-hydrogen) atoms. The summed E-state index contributed by atoms with van der Waals surface area (Å²) in [5, 5.41) is 9.60. The van der Waals surface area contributed by atoms with Crippen molar-refractivity contribution < 1.29 is 0 Å². The SMILES string of the molecule is N#Cc1ccc(/C=C/c2nc3sc4c(c3c(=O)[nH]2)CCCC4)cc1. The highest BCUT2D eigenvalue weighted by molar-refractivity contribution is 7.18. The van der Waals surface area contributed by atoms with E-state index in [1.165, 1.54) is 16.9 Å². The summed E-state index contributed by atoms with van der Waals surface area (Å²) in [6.07, 6.45) is 8.09. The molecule has 1 aliphatic rings. The Bertz CT molecular complexity index is 1040. The molecule has 0 saturated heterocycles. The fraction of sp³-hybridized carbons (Fsp3) is 0.211. The van der Waals surface area contributed by atoms with Gasteiger partial charge in [0, 0.05) is 4.88 Å². The smallest absolute Gasteiger partial charge is 0.260 e. The van der Waals surface area contributed by atoms with Crippen molar-refractivity contribution >= 4 is 33.7 Å². The van der Waals surface area contributed by atoms with E-state index in [1.807, 2.05) is 18.2 Å². The third-order valence-corrected chi connectivity index (χ3v) is 5.50. The van der Waals surface area contributed by atoms with Gasteiger partial charge >= 0.3 is 0 Å². The zero-order valence-corrected chi connectivity index (χ0v) is 13.8. The summed E-state index contributed by atoms with van der Waals surface area (Å²) in [5.74, 6) is 0.565. The molecule has 0 saturated carbocycles. The minimum Gasteiger partial charge on any atom is -0.306 e. The van der Waals surface area contributed by atoms with Crippen molar-refractivity contribution in [3.05, 3.63) is 62.0 Å². The van der Waals surface area contributed by atoms with Crippen molar-refractivity contribution in [1.82, 2.24) is 9.97 Å². The molecule has 1 N–H and O–H groups in total. The molecule has 0 spiro atoms. The molecule has 0 bridgehead atoms. The lowest BCUT2D eigenvalue weighted by molar-refractivity contribution is 0.700. The van der Waals surface area contributed by atoms with Crippen LogP contribution in [0.2, 0.25) is 0 Å². The Morgan fingerprint density at radius 3 is 2.75 bits per heavy atom. The Hall–Kier alpha value is -2.71. The van der Waals surface area contributed by atoms with Crippen LogP contribution < -0.4 is 5.56 Å². The van der Waals surface area contributed by atoms with E-state index < -0.39 is 0 Å². The zero-order chi connectivity index (χ0) is 16.5. The van der Waals surface area contributed by atoms with Gasteiger partial charge in [-0.05, 0) is 55.0 Å². The Balaban J connectivity index is 1.71. The predicted octanol–water partition coefficient (Wildman–Crippen LogP) is 3.91. The van der Waals surface area contributed by atoms with Gasteiger partial charge in [-0.15, -0.1) is 11.3 Å². The fourth-order valence-electron chi connectivity index (χ4n) is 3.10. The molecule has 0 unspecified atom stereocenters. The first-order valence-electron chi connectivity index (χ1n) is 7.97. The van der Waals surface area contributed by atoms with Gasteiger partial charge in [-0.3, -0.25) is 4.79 Å². The van der Waals surface area contributed by atoms with Gasteiger partial charge in [-0.2, -0.15) is 5.26 Å². The van der Waals surface area contributed by atoms with E-state index in [0.717, 1.165) is 35.0 Å². The van der Waals surface area contributed by atoms with Crippen LogP contribution in [-0.4, -0.2) is 9.97 Å². The molecule has 0 aliphatic heterocycles. The van der Waals surface area contributed by atoms with E-state index in [4.69, 9.17) is 5.26 Å². The number of benzene rings is 1. The summed E-state index contributed by atoms with van der Waals surface area (Å²) in [5.41, 5.74) is 2.75. The quantitative estimate of drug-likeness (QED) is 0.773. The first-order valence-corrected chi connectivity index (χ1v) is 8.79. The molecule has 1 aromatic carbocycles. The lowest BCUT2D eigenvalue weighted by atomic mass is 9.97.